The highest BCUT2D eigenvalue weighted by Gasteiger charge is 2.19. The molecule has 0 N–H and O–H groups in total. The Balaban J connectivity index is 1.51. The Morgan fingerprint density at radius 3 is 2.59 bits per heavy atom. The number of Topliss-reactive ketones (excluding diaryl/α,β-unsaturated/α-hetero) is 1. The number of ketones is 1. The topological polar surface area (TPSA) is 77.4 Å². The van der Waals surface area contributed by atoms with Crippen molar-refractivity contribution in [3.05, 3.63) is 71.7 Å². The van der Waals surface area contributed by atoms with Gasteiger partial charge in [-0.1, -0.05) is 0 Å². The average molecular weight is 428 g/mol. The summed E-state index contributed by atoms with van der Waals surface area (Å²) in [6.45, 7) is 3.82. The lowest BCUT2D eigenvalue weighted by atomic mass is 10.1. The van der Waals surface area contributed by atoms with Crippen LogP contribution < -0.4 is 0 Å². The van der Waals surface area contributed by atoms with Crippen LogP contribution in [0, 0.1) is 12.7 Å². The second kappa shape index (κ2) is 7.64. The average Bonchev–Trinajstić information content (AvgIpc) is 3.45. The van der Waals surface area contributed by atoms with Crippen LogP contribution in [0.25, 0.3) is 28.3 Å². The maximum atomic E-state index is 13.4. The maximum absolute atomic E-state index is 13.4. The lowest BCUT2D eigenvalue weighted by molar-refractivity contribution is -0.115. The summed E-state index contributed by atoms with van der Waals surface area (Å²) in [6, 6.07) is 10.0. The van der Waals surface area contributed by atoms with E-state index in [0.29, 0.717) is 22.7 Å². The van der Waals surface area contributed by atoms with Gasteiger partial charge in [0.25, 0.3) is 0 Å². The van der Waals surface area contributed by atoms with Crippen LogP contribution in [0.3, 0.4) is 0 Å². The highest BCUT2D eigenvalue weighted by atomic mass is 19.1. The summed E-state index contributed by atoms with van der Waals surface area (Å²) in [5.41, 5.74) is 5.80. The molecule has 0 spiro atoms. The molecule has 5 rings (SSSR count). The number of carbonyl (C=O) groups is 1. The van der Waals surface area contributed by atoms with Gasteiger partial charge in [0.2, 0.25) is 0 Å². The van der Waals surface area contributed by atoms with Crippen molar-refractivity contribution in [1.82, 2.24) is 24.1 Å². The molecule has 7 nitrogen and oxygen atoms in total. The van der Waals surface area contributed by atoms with E-state index in [-0.39, 0.29) is 18.0 Å². The summed E-state index contributed by atoms with van der Waals surface area (Å²) in [5.74, 6) is 0.474. The Hall–Kier alpha value is -3.94. The number of benzene rings is 1. The number of aliphatic imine (C=N–C) groups is 1. The SMILES string of the molecule is CC1=NC(C(=O)Cc2cn3nc(-c4c(-c5ccc(F)cc5)nc(C)n4C)ccc3n2)=CC1. The zero-order valence-electron chi connectivity index (χ0n) is 18.0. The van der Waals surface area contributed by atoms with Crippen LogP contribution in [-0.2, 0) is 18.3 Å². The van der Waals surface area contributed by atoms with Crippen LogP contribution in [0.1, 0.15) is 24.9 Å². The van der Waals surface area contributed by atoms with Crippen LogP contribution in [0.15, 0.2) is 59.4 Å². The fourth-order valence-corrected chi connectivity index (χ4v) is 3.83. The molecule has 0 saturated carbocycles. The third kappa shape index (κ3) is 3.53. The molecule has 4 aromatic rings. The molecule has 0 unspecified atom stereocenters. The predicted molar refractivity (Wildman–Crippen MR) is 120 cm³/mol. The summed E-state index contributed by atoms with van der Waals surface area (Å²) in [7, 11) is 1.92. The molecule has 4 heterocycles. The Morgan fingerprint density at radius 1 is 1.09 bits per heavy atom. The fourth-order valence-electron chi connectivity index (χ4n) is 3.83. The molecule has 0 fully saturated rings. The number of allylic oxidation sites excluding steroid dienone is 2. The molecule has 0 aliphatic carbocycles. The van der Waals surface area contributed by atoms with E-state index >= 15 is 0 Å². The van der Waals surface area contributed by atoms with Gasteiger partial charge in [0.05, 0.1) is 29.7 Å². The molecule has 0 bridgehead atoms. The minimum Gasteiger partial charge on any atom is -0.330 e. The van der Waals surface area contributed by atoms with Crippen molar-refractivity contribution in [2.24, 2.45) is 12.0 Å². The van der Waals surface area contributed by atoms with E-state index in [1.54, 1.807) is 22.8 Å². The standard InChI is InChI=1S/C24H21FN6O/c1-14-4-9-19(26-14)21(32)12-18-13-31-22(28-18)11-10-20(29-31)24-23(27-15(2)30(24)3)16-5-7-17(25)8-6-16/h5-11,13H,4,12H2,1-3H3. The van der Waals surface area contributed by atoms with Gasteiger partial charge in [-0.2, -0.15) is 5.10 Å². The summed E-state index contributed by atoms with van der Waals surface area (Å²) < 4.78 is 17.0. The number of rotatable bonds is 5. The molecule has 0 amide bonds. The van der Waals surface area contributed by atoms with E-state index in [2.05, 4.69) is 15.0 Å². The highest BCUT2D eigenvalue weighted by Crippen LogP contribution is 2.31. The monoisotopic (exact) mass is 428 g/mol. The number of hydrogen-bond donors (Lipinski definition) is 0. The molecule has 1 aliphatic rings. The zero-order chi connectivity index (χ0) is 22.4. The Kier molecular flexibility index (Phi) is 4.77. The summed E-state index contributed by atoms with van der Waals surface area (Å²) in [5, 5.41) is 4.73. The van der Waals surface area contributed by atoms with Crippen molar-refractivity contribution in [1.29, 1.82) is 0 Å². The van der Waals surface area contributed by atoms with Gasteiger partial charge in [-0.25, -0.2) is 18.9 Å². The van der Waals surface area contributed by atoms with Crippen molar-refractivity contribution in [3.63, 3.8) is 0 Å². The Bertz CT molecular complexity index is 1420. The number of halogens is 1. The van der Waals surface area contributed by atoms with Gasteiger partial charge in [-0.3, -0.25) is 9.79 Å². The highest BCUT2D eigenvalue weighted by molar-refractivity contribution is 6.02. The van der Waals surface area contributed by atoms with Crippen LogP contribution in [0.2, 0.25) is 0 Å². The number of imidazole rings is 2. The predicted octanol–water partition coefficient (Wildman–Crippen LogP) is 4.10. The minimum absolute atomic E-state index is 0.0497. The molecule has 0 saturated heterocycles. The van der Waals surface area contributed by atoms with Crippen LogP contribution in [-0.4, -0.2) is 35.6 Å². The van der Waals surface area contributed by atoms with Crippen molar-refractivity contribution in [3.8, 4) is 22.6 Å². The summed E-state index contributed by atoms with van der Waals surface area (Å²) in [4.78, 5) is 26.0. The van der Waals surface area contributed by atoms with Gasteiger partial charge in [0, 0.05) is 24.7 Å². The summed E-state index contributed by atoms with van der Waals surface area (Å²) in [6.07, 6.45) is 4.51. The normalized spacial score (nSPS) is 13.5. The van der Waals surface area contributed by atoms with Crippen LogP contribution in [0.4, 0.5) is 4.39 Å². The van der Waals surface area contributed by atoms with Crippen molar-refractivity contribution >= 4 is 17.1 Å². The maximum Gasteiger partial charge on any atom is 0.186 e. The molecule has 1 aliphatic heterocycles. The van der Waals surface area contributed by atoms with Gasteiger partial charge in [0.15, 0.2) is 11.4 Å². The first-order valence-electron chi connectivity index (χ1n) is 10.3. The lowest BCUT2D eigenvalue weighted by Gasteiger charge is -2.07. The Labute approximate surface area is 184 Å². The van der Waals surface area contributed by atoms with E-state index in [0.717, 1.165) is 34.9 Å². The van der Waals surface area contributed by atoms with Gasteiger partial charge in [-0.05, 0) is 56.3 Å². The van der Waals surface area contributed by atoms with Gasteiger partial charge in [0.1, 0.15) is 23.0 Å². The van der Waals surface area contributed by atoms with Gasteiger partial charge in [-0.15, -0.1) is 0 Å². The van der Waals surface area contributed by atoms with Crippen molar-refractivity contribution in [2.45, 2.75) is 26.7 Å². The third-order valence-corrected chi connectivity index (χ3v) is 5.58. The molecule has 0 radical (unpaired) electrons. The molecule has 160 valence electrons. The van der Waals surface area contributed by atoms with Gasteiger partial charge >= 0.3 is 0 Å². The number of carbonyl (C=O) groups excluding carboxylic acids is 1. The first-order chi connectivity index (χ1) is 15.4. The zero-order valence-corrected chi connectivity index (χ0v) is 18.0. The van der Waals surface area contributed by atoms with Crippen molar-refractivity contribution < 1.29 is 9.18 Å². The number of nitrogens with zero attached hydrogens (tertiary/aromatic N) is 6. The van der Waals surface area contributed by atoms with E-state index in [1.165, 1.54) is 12.1 Å². The number of aromatic nitrogens is 5. The quantitative estimate of drug-likeness (QED) is 0.479. The first kappa shape index (κ1) is 20.0. The van der Waals surface area contributed by atoms with E-state index < -0.39 is 0 Å². The fraction of sp³-hybridized carbons (Fsp3) is 0.208. The summed E-state index contributed by atoms with van der Waals surface area (Å²) >= 11 is 0. The van der Waals surface area contributed by atoms with Crippen molar-refractivity contribution in [2.75, 3.05) is 0 Å². The molecular formula is C24H21FN6O. The third-order valence-electron chi connectivity index (χ3n) is 5.58. The van der Waals surface area contributed by atoms with Crippen LogP contribution in [0.5, 0.6) is 0 Å². The molecule has 1 aromatic carbocycles. The minimum atomic E-state index is -0.294. The van der Waals surface area contributed by atoms with Crippen LogP contribution >= 0.6 is 0 Å². The number of hydrogen-bond acceptors (Lipinski definition) is 5. The molecular weight excluding hydrogens is 407 g/mol. The molecule has 3 aromatic heterocycles. The second-order valence-corrected chi connectivity index (χ2v) is 7.92. The lowest BCUT2D eigenvalue weighted by Crippen LogP contribution is -2.04. The Morgan fingerprint density at radius 2 is 1.88 bits per heavy atom. The largest absolute Gasteiger partial charge is 0.330 e. The van der Waals surface area contributed by atoms with E-state index in [9.17, 15) is 9.18 Å². The van der Waals surface area contributed by atoms with E-state index in [4.69, 9.17) is 5.10 Å². The van der Waals surface area contributed by atoms with E-state index in [1.807, 2.05) is 43.7 Å². The van der Waals surface area contributed by atoms with Gasteiger partial charge < -0.3 is 4.57 Å². The second-order valence-electron chi connectivity index (χ2n) is 7.92. The number of aryl methyl sites for hydroxylation is 1. The molecule has 8 heteroatoms. The molecule has 32 heavy (non-hydrogen) atoms. The smallest absolute Gasteiger partial charge is 0.186 e. The molecule has 0 atom stereocenters. The first-order valence-corrected chi connectivity index (χ1v) is 10.3. The number of fused-ring (bicyclic) bond motifs is 1.